The molecule has 202 valence electrons. The molecule has 2 heterocycles. The van der Waals surface area contributed by atoms with Crippen molar-refractivity contribution in [3.05, 3.63) is 99.5 Å². The van der Waals surface area contributed by atoms with E-state index < -0.39 is 5.60 Å². The van der Waals surface area contributed by atoms with Crippen molar-refractivity contribution < 1.29 is 9.84 Å². The van der Waals surface area contributed by atoms with E-state index in [1.165, 1.54) is 11.1 Å². The maximum atomic E-state index is 11.5. The molecule has 2 saturated heterocycles. The van der Waals surface area contributed by atoms with Gasteiger partial charge in [0.1, 0.15) is 5.75 Å². The van der Waals surface area contributed by atoms with Gasteiger partial charge < -0.3 is 9.84 Å². The highest BCUT2D eigenvalue weighted by Gasteiger charge is 2.42. The molecule has 0 aliphatic carbocycles. The average Bonchev–Trinajstić information content (AvgIpc) is 2.95. The Bertz CT molecular complexity index is 1210. The van der Waals surface area contributed by atoms with Crippen LogP contribution in [0.25, 0.3) is 0 Å². The smallest absolute Gasteiger partial charge is 0.119 e. The van der Waals surface area contributed by atoms with Crippen molar-refractivity contribution in [2.75, 3.05) is 26.7 Å². The lowest BCUT2D eigenvalue weighted by molar-refractivity contribution is -0.0503. The largest absolute Gasteiger partial charge is 0.497 e. The minimum atomic E-state index is -0.757. The normalized spacial score (nSPS) is 23.2. The average molecular weight is 554 g/mol. The van der Waals surface area contributed by atoms with E-state index in [2.05, 4.69) is 59.2 Å². The van der Waals surface area contributed by atoms with Crippen LogP contribution in [0.2, 0.25) is 10.0 Å². The number of piperidine rings is 2. The predicted octanol–water partition coefficient (Wildman–Crippen LogP) is 7.12. The van der Waals surface area contributed by atoms with Crippen molar-refractivity contribution in [2.45, 2.75) is 62.8 Å². The number of hydrogen-bond acceptors (Lipinski definition) is 4. The van der Waals surface area contributed by atoms with Crippen LogP contribution in [0.3, 0.4) is 0 Å². The lowest BCUT2D eigenvalue weighted by Gasteiger charge is -2.50. The van der Waals surface area contributed by atoms with Crippen LogP contribution in [0.5, 0.6) is 5.75 Å². The standard InChI is InChI=1S/C32H38Cl2N2O2/c1-23(35-18-15-32(37,16-19-35)26-9-4-3-5-10-26)31-28(25-13-14-29(33)30(34)21-25)12-7-17-36(31)22-24-8-6-11-27(20-24)38-2/h3-6,8-11,13-14,20-21,23,28,31,37H,7,12,15-19,22H2,1-2H3. The number of methoxy groups -OCH3 is 1. The number of halogens is 2. The molecule has 2 aliphatic heterocycles. The van der Waals surface area contributed by atoms with Gasteiger partial charge in [-0.25, -0.2) is 0 Å². The highest BCUT2D eigenvalue weighted by atomic mass is 35.5. The van der Waals surface area contributed by atoms with Crippen molar-refractivity contribution in [1.29, 1.82) is 0 Å². The van der Waals surface area contributed by atoms with Crippen molar-refractivity contribution in [2.24, 2.45) is 0 Å². The van der Waals surface area contributed by atoms with Crippen LogP contribution in [-0.4, -0.2) is 53.7 Å². The predicted molar refractivity (Wildman–Crippen MR) is 156 cm³/mol. The van der Waals surface area contributed by atoms with E-state index >= 15 is 0 Å². The summed E-state index contributed by atoms with van der Waals surface area (Å²) in [4.78, 5) is 5.23. The molecule has 3 atom stereocenters. The van der Waals surface area contributed by atoms with Gasteiger partial charge in [0.25, 0.3) is 0 Å². The van der Waals surface area contributed by atoms with Crippen molar-refractivity contribution in [3.63, 3.8) is 0 Å². The van der Waals surface area contributed by atoms with Gasteiger partial charge in [-0.1, -0.05) is 71.7 Å². The lowest BCUT2D eigenvalue weighted by Crippen LogP contribution is -2.57. The molecule has 1 N–H and O–H groups in total. The topological polar surface area (TPSA) is 35.9 Å². The highest BCUT2D eigenvalue weighted by Crippen LogP contribution is 2.40. The fraction of sp³-hybridized carbons (Fsp3) is 0.438. The zero-order valence-corrected chi connectivity index (χ0v) is 23.8. The molecule has 2 fully saturated rings. The van der Waals surface area contributed by atoms with E-state index in [4.69, 9.17) is 27.9 Å². The molecule has 3 aromatic carbocycles. The monoisotopic (exact) mass is 552 g/mol. The Kier molecular flexibility index (Phi) is 8.66. The molecular formula is C32H38Cl2N2O2. The molecule has 3 unspecified atom stereocenters. The summed E-state index contributed by atoms with van der Waals surface area (Å²) in [6, 6.07) is 25.3. The van der Waals surface area contributed by atoms with Gasteiger partial charge in [-0.05, 0) is 80.1 Å². The third-order valence-electron chi connectivity index (χ3n) is 8.69. The fourth-order valence-corrected chi connectivity index (χ4v) is 6.89. The van der Waals surface area contributed by atoms with Gasteiger partial charge in [0.05, 0.1) is 22.8 Å². The molecule has 0 spiro atoms. The van der Waals surface area contributed by atoms with E-state index in [1.807, 2.05) is 30.3 Å². The van der Waals surface area contributed by atoms with Crippen LogP contribution < -0.4 is 4.74 Å². The van der Waals surface area contributed by atoms with Crippen LogP contribution in [-0.2, 0) is 12.1 Å². The third-order valence-corrected chi connectivity index (χ3v) is 9.43. The van der Waals surface area contributed by atoms with Gasteiger partial charge >= 0.3 is 0 Å². The number of ether oxygens (including phenoxy) is 1. The zero-order valence-electron chi connectivity index (χ0n) is 22.3. The van der Waals surface area contributed by atoms with Gasteiger partial charge in [0.2, 0.25) is 0 Å². The van der Waals surface area contributed by atoms with Crippen LogP contribution in [0.1, 0.15) is 55.2 Å². The van der Waals surface area contributed by atoms with Gasteiger partial charge in [0.15, 0.2) is 0 Å². The number of likely N-dealkylation sites (tertiary alicyclic amines) is 2. The summed E-state index contributed by atoms with van der Waals surface area (Å²) < 4.78 is 5.51. The second kappa shape index (κ2) is 12.0. The molecule has 0 bridgehead atoms. The molecular weight excluding hydrogens is 515 g/mol. The number of hydrogen-bond donors (Lipinski definition) is 1. The van der Waals surface area contributed by atoms with Crippen LogP contribution in [0.15, 0.2) is 72.8 Å². The summed E-state index contributed by atoms with van der Waals surface area (Å²) in [5, 5.41) is 12.7. The second-order valence-corrected chi connectivity index (χ2v) is 11.7. The Morgan fingerprint density at radius 1 is 0.947 bits per heavy atom. The molecule has 5 rings (SSSR count). The summed E-state index contributed by atoms with van der Waals surface area (Å²) in [5.41, 5.74) is 2.78. The van der Waals surface area contributed by atoms with Gasteiger partial charge in [0, 0.05) is 37.6 Å². The van der Waals surface area contributed by atoms with Crippen LogP contribution in [0.4, 0.5) is 0 Å². The molecule has 4 nitrogen and oxygen atoms in total. The molecule has 2 aliphatic rings. The van der Waals surface area contributed by atoms with Crippen LogP contribution >= 0.6 is 23.2 Å². The summed E-state index contributed by atoms with van der Waals surface area (Å²) >= 11 is 12.8. The molecule has 0 aromatic heterocycles. The molecule has 0 radical (unpaired) electrons. The Balaban J connectivity index is 1.41. The first kappa shape index (κ1) is 27.5. The maximum Gasteiger partial charge on any atom is 0.119 e. The first-order valence-corrected chi connectivity index (χ1v) is 14.5. The van der Waals surface area contributed by atoms with Crippen LogP contribution in [0, 0.1) is 0 Å². The second-order valence-electron chi connectivity index (χ2n) is 10.9. The summed E-state index contributed by atoms with van der Waals surface area (Å²) in [7, 11) is 1.72. The molecule has 0 saturated carbocycles. The van der Waals surface area contributed by atoms with E-state index in [9.17, 15) is 5.11 Å². The zero-order chi connectivity index (χ0) is 26.7. The maximum absolute atomic E-state index is 11.5. The summed E-state index contributed by atoms with van der Waals surface area (Å²) in [6.45, 7) is 6.01. The number of nitrogens with zero attached hydrogens (tertiary/aromatic N) is 2. The molecule has 0 amide bonds. The minimum Gasteiger partial charge on any atom is -0.497 e. The SMILES string of the molecule is COc1cccc(CN2CCCC(c3ccc(Cl)c(Cl)c3)C2C(C)N2CCC(O)(c3ccccc3)CC2)c1. The molecule has 6 heteroatoms. The first-order valence-electron chi connectivity index (χ1n) is 13.7. The van der Waals surface area contributed by atoms with Crippen molar-refractivity contribution >= 4 is 23.2 Å². The molecule has 3 aromatic rings. The quantitative estimate of drug-likeness (QED) is 0.338. The number of rotatable bonds is 7. The summed E-state index contributed by atoms with van der Waals surface area (Å²) in [5.74, 6) is 1.23. The number of benzene rings is 3. The fourth-order valence-electron chi connectivity index (χ4n) is 6.58. The van der Waals surface area contributed by atoms with Gasteiger partial charge in [-0.3, -0.25) is 9.80 Å². The lowest BCUT2D eigenvalue weighted by atomic mass is 9.78. The minimum absolute atomic E-state index is 0.301. The van der Waals surface area contributed by atoms with E-state index in [-0.39, 0.29) is 0 Å². The Morgan fingerprint density at radius 2 is 1.71 bits per heavy atom. The Morgan fingerprint density at radius 3 is 2.42 bits per heavy atom. The van der Waals surface area contributed by atoms with E-state index in [0.717, 1.165) is 63.2 Å². The third kappa shape index (κ3) is 5.90. The van der Waals surface area contributed by atoms with Gasteiger partial charge in [-0.2, -0.15) is 0 Å². The number of aliphatic hydroxyl groups is 1. The van der Waals surface area contributed by atoms with Gasteiger partial charge in [-0.15, -0.1) is 0 Å². The molecule has 38 heavy (non-hydrogen) atoms. The van der Waals surface area contributed by atoms with Crippen molar-refractivity contribution in [3.8, 4) is 5.75 Å². The van der Waals surface area contributed by atoms with E-state index in [1.54, 1.807) is 7.11 Å². The van der Waals surface area contributed by atoms with Crippen molar-refractivity contribution in [1.82, 2.24) is 9.80 Å². The Hall–Kier alpha value is -2.08. The highest BCUT2D eigenvalue weighted by molar-refractivity contribution is 6.42. The first-order chi connectivity index (χ1) is 18.4. The Labute approximate surface area is 237 Å². The van der Waals surface area contributed by atoms with E-state index in [0.29, 0.717) is 28.0 Å². The summed E-state index contributed by atoms with van der Waals surface area (Å²) in [6.07, 6.45) is 3.72.